The number of carbonyl (C=O) groups is 1. The Hall–Kier alpha value is -2.47. The minimum absolute atomic E-state index is 0.0463. The molecule has 3 aromatic rings. The van der Waals surface area contributed by atoms with Gasteiger partial charge in [0.15, 0.2) is 4.96 Å². The van der Waals surface area contributed by atoms with E-state index in [0.29, 0.717) is 4.96 Å². The summed E-state index contributed by atoms with van der Waals surface area (Å²) in [6.45, 7) is 0. The third kappa shape index (κ3) is 2.45. The highest BCUT2D eigenvalue weighted by atomic mass is 32.1. The second-order valence-electron chi connectivity index (χ2n) is 5.65. The predicted octanol–water partition coefficient (Wildman–Crippen LogP) is 2.56. The highest BCUT2D eigenvalue weighted by Crippen LogP contribution is 2.29. The molecule has 116 valence electrons. The van der Waals surface area contributed by atoms with Crippen LogP contribution in [0.15, 0.2) is 46.8 Å². The van der Waals surface area contributed by atoms with Crippen LogP contribution in [0.25, 0.3) is 4.96 Å². The van der Waals surface area contributed by atoms with Crippen LogP contribution in [0.1, 0.15) is 40.4 Å². The number of rotatable bonds is 2. The van der Waals surface area contributed by atoms with Gasteiger partial charge in [-0.25, -0.2) is 4.98 Å². The summed E-state index contributed by atoms with van der Waals surface area (Å²) in [5.41, 5.74) is 2.19. The minimum atomic E-state index is -0.357. The van der Waals surface area contributed by atoms with Crippen LogP contribution in [0.4, 0.5) is 0 Å². The first kappa shape index (κ1) is 14.1. The molecule has 23 heavy (non-hydrogen) atoms. The highest BCUT2D eigenvalue weighted by molar-refractivity contribution is 7.15. The number of aryl methyl sites for hydroxylation is 1. The normalized spacial score (nSPS) is 17.0. The summed E-state index contributed by atoms with van der Waals surface area (Å²) >= 11 is 1.37. The Morgan fingerprint density at radius 3 is 3.13 bits per heavy atom. The molecule has 0 radical (unpaired) electrons. The maximum Gasteiger partial charge on any atom is 0.271 e. The van der Waals surface area contributed by atoms with Gasteiger partial charge < -0.3 is 5.32 Å². The third-order valence-electron chi connectivity index (χ3n) is 4.26. The lowest BCUT2D eigenvalue weighted by atomic mass is 9.87. The Morgan fingerprint density at radius 2 is 2.22 bits per heavy atom. The topological polar surface area (TPSA) is 63.5 Å². The third-order valence-corrected chi connectivity index (χ3v) is 5.03. The standard InChI is InChI=1S/C17H15N3O2S/c21-15(13-10-18-17-20(16(13)22)8-9-23-17)19-14-7-3-5-11-4-1-2-6-12(11)14/h1-2,4,6,8-10,14H,3,5,7H2,(H,19,21)/t14-/m0/s1. The van der Waals surface area contributed by atoms with Gasteiger partial charge >= 0.3 is 0 Å². The minimum Gasteiger partial charge on any atom is -0.345 e. The van der Waals surface area contributed by atoms with Gasteiger partial charge in [-0.05, 0) is 30.4 Å². The summed E-state index contributed by atoms with van der Waals surface area (Å²) in [6, 6.07) is 8.10. The summed E-state index contributed by atoms with van der Waals surface area (Å²) < 4.78 is 1.41. The maximum atomic E-state index is 12.5. The smallest absolute Gasteiger partial charge is 0.271 e. The molecule has 2 aromatic heterocycles. The Balaban J connectivity index is 1.65. The molecule has 1 aliphatic carbocycles. The highest BCUT2D eigenvalue weighted by Gasteiger charge is 2.23. The number of amides is 1. The van der Waals surface area contributed by atoms with Crippen LogP contribution >= 0.6 is 11.3 Å². The lowest BCUT2D eigenvalue weighted by Gasteiger charge is -2.26. The molecule has 1 aliphatic rings. The van der Waals surface area contributed by atoms with Crippen molar-refractivity contribution in [1.29, 1.82) is 0 Å². The second kappa shape index (κ2) is 5.62. The number of nitrogens with zero attached hydrogens (tertiary/aromatic N) is 2. The molecule has 4 rings (SSSR count). The van der Waals surface area contributed by atoms with Gasteiger partial charge in [-0.1, -0.05) is 24.3 Å². The quantitative estimate of drug-likeness (QED) is 0.787. The van der Waals surface area contributed by atoms with Gasteiger partial charge in [-0.15, -0.1) is 11.3 Å². The number of thiazole rings is 1. The van der Waals surface area contributed by atoms with Crippen molar-refractivity contribution in [2.75, 3.05) is 0 Å². The van der Waals surface area contributed by atoms with Crippen LogP contribution in [0.2, 0.25) is 0 Å². The Bertz CT molecular complexity index is 944. The monoisotopic (exact) mass is 325 g/mol. The van der Waals surface area contributed by atoms with Gasteiger partial charge in [0.25, 0.3) is 11.5 Å². The summed E-state index contributed by atoms with van der Waals surface area (Å²) in [7, 11) is 0. The Kier molecular flexibility index (Phi) is 3.46. The van der Waals surface area contributed by atoms with Crippen LogP contribution in [0.5, 0.6) is 0 Å². The van der Waals surface area contributed by atoms with Gasteiger partial charge in [0.1, 0.15) is 5.56 Å². The molecule has 1 amide bonds. The molecule has 0 bridgehead atoms. The molecule has 6 heteroatoms. The molecular formula is C17H15N3O2S. The van der Waals surface area contributed by atoms with E-state index in [9.17, 15) is 9.59 Å². The first-order valence-electron chi connectivity index (χ1n) is 7.57. The molecule has 1 aromatic carbocycles. The van der Waals surface area contributed by atoms with Crippen molar-refractivity contribution in [3.8, 4) is 0 Å². The molecule has 5 nitrogen and oxygen atoms in total. The molecule has 0 fully saturated rings. The summed E-state index contributed by atoms with van der Waals surface area (Å²) in [6.07, 6.45) is 5.97. The number of hydrogen-bond acceptors (Lipinski definition) is 4. The van der Waals surface area contributed by atoms with E-state index < -0.39 is 0 Å². The van der Waals surface area contributed by atoms with Gasteiger partial charge in [0.05, 0.1) is 6.04 Å². The van der Waals surface area contributed by atoms with E-state index in [4.69, 9.17) is 0 Å². The van der Waals surface area contributed by atoms with Gasteiger partial charge in [0, 0.05) is 17.8 Å². The first-order valence-corrected chi connectivity index (χ1v) is 8.45. The predicted molar refractivity (Wildman–Crippen MR) is 88.9 cm³/mol. The number of aromatic nitrogens is 2. The zero-order valence-corrected chi connectivity index (χ0v) is 13.2. The van der Waals surface area contributed by atoms with Gasteiger partial charge in [0.2, 0.25) is 0 Å². The molecule has 0 unspecified atom stereocenters. The molecule has 0 aliphatic heterocycles. The fourth-order valence-electron chi connectivity index (χ4n) is 3.12. The summed E-state index contributed by atoms with van der Waals surface area (Å²) in [4.78, 5) is 29.7. The van der Waals surface area contributed by atoms with Crippen molar-refractivity contribution in [2.45, 2.75) is 25.3 Å². The molecule has 1 atom stereocenters. The van der Waals surface area contributed by atoms with Crippen LogP contribution in [-0.2, 0) is 6.42 Å². The van der Waals surface area contributed by atoms with Crippen LogP contribution in [0, 0.1) is 0 Å². The average molecular weight is 325 g/mol. The maximum absolute atomic E-state index is 12.5. The fraction of sp³-hybridized carbons (Fsp3) is 0.235. The lowest BCUT2D eigenvalue weighted by Crippen LogP contribution is -2.35. The van der Waals surface area contributed by atoms with Crippen molar-refractivity contribution in [3.05, 3.63) is 69.1 Å². The van der Waals surface area contributed by atoms with Crippen molar-refractivity contribution in [3.63, 3.8) is 0 Å². The fourth-order valence-corrected chi connectivity index (χ4v) is 3.80. The van der Waals surface area contributed by atoms with E-state index in [1.54, 1.807) is 11.6 Å². The summed E-state index contributed by atoms with van der Waals surface area (Å²) in [5.74, 6) is -0.357. The largest absolute Gasteiger partial charge is 0.345 e. The van der Waals surface area contributed by atoms with Gasteiger partial charge in [-0.3, -0.25) is 14.0 Å². The van der Waals surface area contributed by atoms with Crippen LogP contribution in [0.3, 0.4) is 0 Å². The van der Waals surface area contributed by atoms with E-state index in [2.05, 4.69) is 16.4 Å². The number of nitrogens with one attached hydrogen (secondary N) is 1. The zero-order chi connectivity index (χ0) is 15.8. The van der Waals surface area contributed by atoms with Gasteiger partial charge in [-0.2, -0.15) is 0 Å². The van der Waals surface area contributed by atoms with Crippen molar-refractivity contribution >= 4 is 22.2 Å². The van der Waals surface area contributed by atoms with Crippen molar-refractivity contribution in [1.82, 2.24) is 14.7 Å². The van der Waals surface area contributed by atoms with Crippen molar-refractivity contribution < 1.29 is 4.79 Å². The van der Waals surface area contributed by atoms with E-state index in [1.165, 1.54) is 27.5 Å². The molecule has 1 N–H and O–H groups in total. The lowest BCUT2D eigenvalue weighted by molar-refractivity contribution is 0.0930. The molecular weight excluding hydrogens is 310 g/mol. The zero-order valence-electron chi connectivity index (χ0n) is 12.4. The first-order chi connectivity index (χ1) is 11.2. The second-order valence-corrected chi connectivity index (χ2v) is 6.52. The van der Waals surface area contributed by atoms with E-state index >= 15 is 0 Å². The Labute approximate surface area is 136 Å². The molecule has 0 saturated carbocycles. The SMILES string of the molecule is O=C(N[C@H]1CCCc2ccccc21)c1cnc2sccn2c1=O. The summed E-state index contributed by atoms with van der Waals surface area (Å²) in [5, 5.41) is 4.78. The average Bonchev–Trinajstić information content (AvgIpc) is 3.05. The van der Waals surface area contributed by atoms with Crippen molar-refractivity contribution in [2.24, 2.45) is 0 Å². The number of fused-ring (bicyclic) bond motifs is 2. The van der Waals surface area contributed by atoms with E-state index in [-0.39, 0.29) is 23.1 Å². The van der Waals surface area contributed by atoms with E-state index in [0.717, 1.165) is 24.8 Å². The van der Waals surface area contributed by atoms with Crippen LogP contribution < -0.4 is 10.9 Å². The molecule has 2 heterocycles. The van der Waals surface area contributed by atoms with Crippen LogP contribution in [-0.4, -0.2) is 15.3 Å². The molecule has 0 spiro atoms. The number of carbonyl (C=O) groups excluding carboxylic acids is 1. The molecule has 0 saturated heterocycles. The van der Waals surface area contributed by atoms with E-state index in [1.807, 2.05) is 18.2 Å². The number of hydrogen-bond donors (Lipinski definition) is 1. The Morgan fingerprint density at radius 1 is 1.35 bits per heavy atom. The number of benzene rings is 1.